The molecule has 110 valence electrons. The summed E-state index contributed by atoms with van der Waals surface area (Å²) in [5, 5.41) is 0. The molecule has 2 N–H and O–H groups in total. The summed E-state index contributed by atoms with van der Waals surface area (Å²) in [4.78, 5) is 0. The molecule has 0 bridgehead atoms. The van der Waals surface area contributed by atoms with Gasteiger partial charge in [-0.3, -0.25) is 0 Å². The Morgan fingerprint density at radius 1 is 1.40 bits per heavy atom. The number of ether oxygens (including phenoxy) is 2. The van der Waals surface area contributed by atoms with Gasteiger partial charge in [0.1, 0.15) is 17.1 Å². The normalized spacial score (nSPS) is 32.5. The van der Waals surface area contributed by atoms with E-state index in [0.717, 1.165) is 42.2 Å². The maximum absolute atomic E-state index is 6.45. The van der Waals surface area contributed by atoms with Gasteiger partial charge in [-0.15, -0.1) is 0 Å². The molecule has 0 amide bonds. The zero-order valence-electron chi connectivity index (χ0n) is 12.5. The van der Waals surface area contributed by atoms with E-state index in [4.69, 9.17) is 15.2 Å². The van der Waals surface area contributed by atoms with Crippen molar-refractivity contribution in [2.24, 2.45) is 11.7 Å². The Kier molecular flexibility index (Phi) is 3.63. The fourth-order valence-corrected chi connectivity index (χ4v) is 3.89. The lowest BCUT2D eigenvalue weighted by molar-refractivity contribution is -0.0177. The second-order valence-electron chi connectivity index (χ2n) is 6.37. The van der Waals surface area contributed by atoms with Crippen LogP contribution in [0.4, 0.5) is 0 Å². The van der Waals surface area contributed by atoms with Gasteiger partial charge in [-0.1, -0.05) is 25.8 Å². The number of rotatable bonds is 2. The Balaban J connectivity index is 1.90. The van der Waals surface area contributed by atoms with Crippen LogP contribution in [-0.4, -0.2) is 12.7 Å². The summed E-state index contributed by atoms with van der Waals surface area (Å²) in [6, 6.07) is 6.09. The molecule has 1 heterocycles. The van der Waals surface area contributed by atoms with Crippen LogP contribution in [0.25, 0.3) is 0 Å². The van der Waals surface area contributed by atoms with Crippen molar-refractivity contribution in [3.63, 3.8) is 0 Å². The topological polar surface area (TPSA) is 44.5 Å². The lowest BCUT2D eigenvalue weighted by Gasteiger charge is -2.46. The molecule has 1 fully saturated rings. The molecule has 1 saturated carbocycles. The number of hydrogen-bond donors (Lipinski definition) is 1. The van der Waals surface area contributed by atoms with E-state index in [1.165, 1.54) is 19.3 Å². The van der Waals surface area contributed by atoms with Crippen molar-refractivity contribution in [1.82, 2.24) is 0 Å². The Hall–Kier alpha value is -1.22. The van der Waals surface area contributed by atoms with Crippen molar-refractivity contribution in [1.29, 1.82) is 0 Å². The van der Waals surface area contributed by atoms with E-state index in [9.17, 15) is 0 Å². The number of benzene rings is 1. The average Bonchev–Trinajstić information content (AvgIpc) is 2.46. The molecule has 3 unspecified atom stereocenters. The van der Waals surface area contributed by atoms with Gasteiger partial charge in [0.2, 0.25) is 0 Å². The van der Waals surface area contributed by atoms with Crippen LogP contribution in [-0.2, 0) is 0 Å². The van der Waals surface area contributed by atoms with E-state index >= 15 is 0 Å². The molecule has 20 heavy (non-hydrogen) atoms. The molecule has 3 nitrogen and oxygen atoms in total. The summed E-state index contributed by atoms with van der Waals surface area (Å²) in [7, 11) is 1.69. The molecule has 1 aromatic rings. The molecule has 1 aliphatic carbocycles. The highest BCUT2D eigenvalue weighted by Crippen LogP contribution is 2.47. The van der Waals surface area contributed by atoms with Crippen LogP contribution in [0.15, 0.2) is 18.2 Å². The van der Waals surface area contributed by atoms with Crippen molar-refractivity contribution < 1.29 is 9.47 Å². The van der Waals surface area contributed by atoms with Crippen LogP contribution in [0.3, 0.4) is 0 Å². The van der Waals surface area contributed by atoms with Crippen molar-refractivity contribution in [3.8, 4) is 11.5 Å². The maximum atomic E-state index is 6.45. The highest BCUT2D eigenvalue weighted by atomic mass is 16.5. The molecule has 2 aliphatic rings. The second kappa shape index (κ2) is 5.28. The van der Waals surface area contributed by atoms with Crippen molar-refractivity contribution in [3.05, 3.63) is 23.8 Å². The molecule has 1 aliphatic heterocycles. The lowest BCUT2D eigenvalue weighted by Crippen LogP contribution is -2.46. The first-order valence-electron chi connectivity index (χ1n) is 7.78. The van der Waals surface area contributed by atoms with Gasteiger partial charge in [0.15, 0.2) is 0 Å². The Morgan fingerprint density at radius 2 is 2.25 bits per heavy atom. The van der Waals surface area contributed by atoms with E-state index in [1.54, 1.807) is 7.11 Å². The Bertz CT molecular complexity index is 488. The van der Waals surface area contributed by atoms with E-state index < -0.39 is 0 Å². The number of nitrogens with two attached hydrogens (primary N) is 1. The first-order chi connectivity index (χ1) is 9.65. The molecular weight excluding hydrogens is 250 g/mol. The molecular formula is C17H25NO2. The van der Waals surface area contributed by atoms with Crippen molar-refractivity contribution in [2.75, 3.05) is 7.11 Å². The van der Waals surface area contributed by atoms with Gasteiger partial charge in [-0.05, 0) is 31.2 Å². The van der Waals surface area contributed by atoms with Crippen LogP contribution in [0.1, 0.15) is 57.1 Å². The number of hydrogen-bond acceptors (Lipinski definition) is 3. The molecule has 1 aromatic carbocycles. The summed E-state index contributed by atoms with van der Waals surface area (Å²) in [5.41, 5.74) is 7.49. The Morgan fingerprint density at radius 3 is 3.00 bits per heavy atom. The fourth-order valence-electron chi connectivity index (χ4n) is 3.89. The number of methoxy groups -OCH3 is 1. The van der Waals surface area contributed by atoms with E-state index in [-0.39, 0.29) is 11.6 Å². The molecule has 1 spiro atoms. The van der Waals surface area contributed by atoms with Gasteiger partial charge in [0.05, 0.1) is 7.11 Å². The first-order valence-corrected chi connectivity index (χ1v) is 7.78. The van der Waals surface area contributed by atoms with Gasteiger partial charge < -0.3 is 15.2 Å². The minimum absolute atomic E-state index is 0.0439. The summed E-state index contributed by atoms with van der Waals surface area (Å²) in [6.45, 7) is 2.28. The van der Waals surface area contributed by atoms with Crippen molar-refractivity contribution in [2.45, 2.75) is 57.1 Å². The molecule has 3 heteroatoms. The largest absolute Gasteiger partial charge is 0.497 e. The quantitative estimate of drug-likeness (QED) is 0.892. The van der Waals surface area contributed by atoms with Crippen LogP contribution < -0.4 is 15.2 Å². The maximum Gasteiger partial charge on any atom is 0.128 e. The summed E-state index contributed by atoms with van der Waals surface area (Å²) < 4.78 is 11.8. The monoisotopic (exact) mass is 275 g/mol. The smallest absolute Gasteiger partial charge is 0.128 e. The van der Waals surface area contributed by atoms with Gasteiger partial charge in [-0.2, -0.15) is 0 Å². The highest BCUT2D eigenvalue weighted by molar-refractivity contribution is 5.44. The highest BCUT2D eigenvalue weighted by Gasteiger charge is 2.43. The summed E-state index contributed by atoms with van der Waals surface area (Å²) in [6.07, 6.45) is 7.06. The third kappa shape index (κ3) is 2.39. The molecule has 3 rings (SSSR count). The molecule has 0 saturated heterocycles. The minimum atomic E-state index is -0.0439. The van der Waals surface area contributed by atoms with Crippen LogP contribution in [0, 0.1) is 5.92 Å². The van der Waals surface area contributed by atoms with E-state index in [1.807, 2.05) is 18.2 Å². The first kappa shape index (κ1) is 13.7. The van der Waals surface area contributed by atoms with E-state index in [2.05, 4.69) is 6.92 Å². The standard InChI is InChI=1S/C17H25NO2/c1-3-12-5-4-8-17(10-12)11-15(18)14-7-6-13(19-2)9-16(14)20-17/h6-7,9,12,15H,3-5,8,10-11,18H2,1-2H3. The summed E-state index contributed by atoms with van der Waals surface area (Å²) >= 11 is 0. The molecule has 0 radical (unpaired) electrons. The zero-order valence-corrected chi connectivity index (χ0v) is 12.5. The van der Waals surface area contributed by atoms with Crippen LogP contribution in [0.2, 0.25) is 0 Å². The third-order valence-electron chi connectivity index (χ3n) is 5.02. The second-order valence-corrected chi connectivity index (χ2v) is 6.37. The molecule has 3 atom stereocenters. The van der Waals surface area contributed by atoms with Crippen LogP contribution in [0.5, 0.6) is 11.5 Å². The fraction of sp³-hybridized carbons (Fsp3) is 0.647. The van der Waals surface area contributed by atoms with Gasteiger partial charge in [0, 0.05) is 24.1 Å². The zero-order chi connectivity index (χ0) is 14.2. The molecule has 0 aromatic heterocycles. The van der Waals surface area contributed by atoms with E-state index in [0.29, 0.717) is 0 Å². The predicted molar refractivity (Wildman–Crippen MR) is 80.1 cm³/mol. The predicted octanol–water partition coefficient (Wildman–Crippen LogP) is 3.82. The lowest BCUT2D eigenvalue weighted by atomic mass is 9.72. The van der Waals surface area contributed by atoms with Gasteiger partial charge in [0.25, 0.3) is 0 Å². The number of fused-ring (bicyclic) bond motifs is 1. The average molecular weight is 275 g/mol. The minimum Gasteiger partial charge on any atom is -0.497 e. The third-order valence-corrected chi connectivity index (χ3v) is 5.02. The summed E-state index contributed by atoms with van der Waals surface area (Å²) in [5.74, 6) is 2.55. The Labute approximate surface area is 121 Å². The van der Waals surface area contributed by atoms with Crippen molar-refractivity contribution >= 4 is 0 Å². The van der Waals surface area contributed by atoms with Gasteiger partial charge in [-0.25, -0.2) is 0 Å². The van der Waals surface area contributed by atoms with Crippen LogP contribution >= 0.6 is 0 Å². The SMILES string of the molecule is CCC1CCCC2(C1)CC(N)c1ccc(OC)cc1O2. The van der Waals surface area contributed by atoms with Gasteiger partial charge >= 0.3 is 0 Å².